The maximum Gasteiger partial charge on any atom is 0.164 e. The molecule has 0 aliphatic heterocycles. The minimum atomic E-state index is -0.476. The average Bonchev–Trinajstić information content (AvgIpc) is 3.89. The normalized spacial score (nSPS) is 12.8. The van der Waals surface area contributed by atoms with Gasteiger partial charge in [0.2, 0.25) is 0 Å². The molecule has 1 aliphatic rings. The highest BCUT2D eigenvalue weighted by atomic mass is 32.1. The van der Waals surface area contributed by atoms with E-state index in [1.807, 2.05) is 11.3 Å². The minimum Gasteiger partial charge on any atom is -0.208 e. The van der Waals surface area contributed by atoms with Crippen LogP contribution in [0.3, 0.4) is 0 Å². The molecule has 0 N–H and O–H groups in total. The zero-order valence-electron chi connectivity index (χ0n) is 34.6. The van der Waals surface area contributed by atoms with Crippen LogP contribution in [0.1, 0.15) is 22.3 Å². The van der Waals surface area contributed by atoms with E-state index < -0.39 is 5.41 Å². The van der Waals surface area contributed by atoms with Crippen LogP contribution >= 0.6 is 11.3 Å². The summed E-state index contributed by atoms with van der Waals surface area (Å²) >= 11 is 1.83. The van der Waals surface area contributed by atoms with Crippen molar-refractivity contribution in [3.05, 3.63) is 247 Å². The van der Waals surface area contributed by atoms with Gasteiger partial charge in [-0.2, -0.15) is 0 Å². The quantitative estimate of drug-likeness (QED) is 0.168. The van der Waals surface area contributed by atoms with Gasteiger partial charge in [-0.15, -0.1) is 11.3 Å². The van der Waals surface area contributed by atoms with Gasteiger partial charge in [-0.05, 0) is 109 Å². The molecule has 0 radical (unpaired) electrons. The highest BCUT2D eigenvalue weighted by molar-refractivity contribution is 7.25. The van der Waals surface area contributed by atoms with E-state index in [0.717, 1.165) is 27.6 Å². The summed E-state index contributed by atoms with van der Waals surface area (Å²) in [6.07, 6.45) is 0. The first kappa shape index (κ1) is 36.6. The monoisotopic (exact) mass is 831 g/mol. The summed E-state index contributed by atoms with van der Waals surface area (Å²) in [7, 11) is 0. The first-order valence-electron chi connectivity index (χ1n) is 21.7. The molecule has 1 aliphatic carbocycles. The molecule has 0 amide bonds. The number of thiophene rings is 1. The Morgan fingerprint density at radius 1 is 0.297 bits per heavy atom. The molecule has 0 fully saturated rings. The lowest BCUT2D eigenvalue weighted by Gasteiger charge is -2.34. The summed E-state index contributed by atoms with van der Waals surface area (Å²) in [4.78, 5) is 15.6. The molecule has 0 atom stereocenters. The van der Waals surface area contributed by atoms with Gasteiger partial charge in [-0.25, -0.2) is 15.0 Å². The molecule has 13 rings (SSSR count). The van der Waals surface area contributed by atoms with E-state index in [4.69, 9.17) is 15.0 Å². The van der Waals surface area contributed by atoms with Crippen LogP contribution in [0.25, 0.3) is 98.1 Å². The zero-order valence-corrected chi connectivity index (χ0v) is 35.4. The maximum atomic E-state index is 5.24. The fourth-order valence-electron chi connectivity index (χ4n) is 10.1. The third kappa shape index (κ3) is 5.77. The van der Waals surface area contributed by atoms with Crippen LogP contribution in [0, 0.1) is 0 Å². The lowest BCUT2D eigenvalue weighted by atomic mass is 9.67. The number of aromatic nitrogens is 3. The number of fused-ring (bicyclic) bond motifs is 8. The summed E-state index contributed by atoms with van der Waals surface area (Å²) < 4.78 is 2.48. The van der Waals surface area contributed by atoms with Crippen molar-refractivity contribution >= 4 is 53.1 Å². The second-order valence-electron chi connectivity index (χ2n) is 16.7. The average molecular weight is 832 g/mol. The molecule has 298 valence electrons. The Kier molecular flexibility index (Phi) is 8.30. The first-order chi connectivity index (χ1) is 31.7. The largest absolute Gasteiger partial charge is 0.208 e. The van der Waals surface area contributed by atoms with Crippen LogP contribution in [0.5, 0.6) is 0 Å². The molecule has 10 aromatic carbocycles. The van der Waals surface area contributed by atoms with Crippen molar-refractivity contribution in [2.45, 2.75) is 5.41 Å². The van der Waals surface area contributed by atoms with Crippen molar-refractivity contribution in [2.24, 2.45) is 0 Å². The topological polar surface area (TPSA) is 38.7 Å². The Morgan fingerprint density at radius 3 is 1.41 bits per heavy atom. The lowest BCUT2D eigenvalue weighted by molar-refractivity contribution is 0.770. The van der Waals surface area contributed by atoms with E-state index >= 15 is 0 Å². The molecular weight excluding hydrogens is 795 g/mol. The third-order valence-electron chi connectivity index (χ3n) is 13.2. The number of hydrogen-bond acceptors (Lipinski definition) is 4. The van der Waals surface area contributed by atoms with Gasteiger partial charge in [0.05, 0.1) is 5.41 Å². The highest BCUT2D eigenvalue weighted by Gasteiger charge is 2.46. The number of benzene rings is 10. The Morgan fingerprint density at radius 2 is 0.750 bits per heavy atom. The number of rotatable bonds is 6. The van der Waals surface area contributed by atoms with Crippen molar-refractivity contribution in [3.63, 3.8) is 0 Å². The van der Waals surface area contributed by atoms with E-state index in [-0.39, 0.29) is 0 Å². The molecule has 2 heterocycles. The molecule has 0 unspecified atom stereocenters. The molecule has 4 heteroatoms. The van der Waals surface area contributed by atoms with E-state index in [1.165, 1.54) is 75.3 Å². The predicted octanol–water partition coefficient (Wildman–Crippen LogP) is 15.6. The molecular formula is C60H37N3S. The fourth-order valence-corrected chi connectivity index (χ4v) is 11.2. The molecule has 0 saturated heterocycles. The number of nitrogens with zero attached hydrogens (tertiary/aromatic N) is 3. The van der Waals surface area contributed by atoms with Crippen LogP contribution in [0.4, 0.5) is 0 Å². The number of hydrogen-bond donors (Lipinski definition) is 0. The van der Waals surface area contributed by atoms with Crippen LogP contribution in [-0.2, 0) is 5.41 Å². The van der Waals surface area contributed by atoms with E-state index in [9.17, 15) is 0 Å². The van der Waals surface area contributed by atoms with Crippen LogP contribution in [0.2, 0.25) is 0 Å². The summed E-state index contributed by atoms with van der Waals surface area (Å²) in [6.45, 7) is 0. The van der Waals surface area contributed by atoms with Gasteiger partial charge in [-0.3, -0.25) is 0 Å². The van der Waals surface area contributed by atoms with Gasteiger partial charge in [0.15, 0.2) is 17.5 Å². The molecule has 0 spiro atoms. The predicted molar refractivity (Wildman–Crippen MR) is 267 cm³/mol. The van der Waals surface area contributed by atoms with Crippen LogP contribution in [-0.4, -0.2) is 15.0 Å². The Hall–Kier alpha value is -8.05. The van der Waals surface area contributed by atoms with Crippen LogP contribution < -0.4 is 0 Å². The zero-order chi connectivity index (χ0) is 42.2. The Bertz CT molecular complexity index is 3750. The van der Waals surface area contributed by atoms with Crippen molar-refractivity contribution in [2.75, 3.05) is 0 Å². The minimum absolute atomic E-state index is 0.476. The second kappa shape index (κ2) is 14.5. The summed E-state index contributed by atoms with van der Waals surface area (Å²) in [5.41, 5.74) is 12.4. The van der Waals surface area contributed by atoms with Gasteiger partial charge in [-0.1, -0.05) is 182 Å². The van der Waals surface area contributed by atoms with Gasteiger partial charge >= 0.3 is 0 Å². The molecule has 12 aromatic rings. The molecule has 0 saturated carbocycles. The van der Waals surface area contributed by atoms with Gasteiger partial charge in [0.1, 0.15) is 0 Å². The molecule has 64 heavy (non-hydrogen) atoms. The summed E-state index contributed by atoms with van der Waals surface area (Å²) in [5, 5.41) is 7.20. The SMILES string of the molecule is c1ccc(C2(c3ccc4sc5ccc(-c6nc(-c7ccc(-c8ccc9ccccc9c8)cc7)nc(-c7ccc8ccccc8c7)n6)cc5c4c3)c3ccccc3-c3ccccc32)cc1. The van der Waals surface area contributed by atoms with Crippen molar-refractivity contribution in [1.29, 1.82) is 0 Å². The standard InChI is InChI=1S/C60H37N3S/c1-2-16-47(17-3-1)60(53-20-10-8-18-49(53)50-19-9-11-21-54(50)60)48-31-33-56-52(37-48)51-36-46(30-32-55(51)64-56)59-62-57(61-58(63-59)45-29-25-39-13-5-7-15-43(39)35-45)41-26-22-40(23-27-41)44-28-24-38-12-4-6-14-42(38)34-44/h1-37H. The third-order valence-corrected chi connectivity index (χ3v) is 14.3. The lowest BCUT2D eigenvalue weighted by Crippen LogP contribution is -2.28. The Balaban J connectivity index is 0.971. The molecule has 3 nitrogen and oxygen atoms in total. The molecule has 0 bridgehead atoms. The van der Waals surface area contributed by atoms with E-state index in [1.54, 1.807) is 0 Å². The Labute approximate surface area is 374 Å². The van der Waals surface area contributed by atoms with E-state index in [0.29, 0.717) is 17.5 Å². The van der Waals surface area contributed by atoms with Crippen molar-refractivity contribution in [1.82, 2.24) is 15.0 Å². The van der Waals surface area contributed by atoms with Gasteiger partial charge in [0.25, 0.3) is 0 Å². The first-order valence-corrected chi connectivity index (χ1v) is 22.6. The fraction of sp³-hybridized carbons (Fsp3) is 0.0167. The molecule has 2 aromatic heterocycles. The highest BCUT2D eigenvalue weighted by Crippen LogP contribution is 2.56. The maximum absolute atomic E-state index is 5.24. The second-order valence-corrected chi connectivity index (χ2v) is 17.8. The van der Waals surface area contributed by atoms with Gasteiger partial charge in [0, 0.05) is 36.9 Å². The van der Waals surface area contributed by atoms with Crippen molar-refractivity contribution in [3.8, 4) is 56.4 Å². The van der Waals surface area contributed by atoms with Gasteiger partial charge < -0.3 is 0 Å². The van der Waals surface area contributed by atoms with Crippen molar-refractivity contribution < 1.29 is 0 Å². The summed E-state index contributed by atoms with van der Waals surface area (Å²) in [5.74, 6) is 1.92. The smallest absolute Gasteiger partial charge is 0.164 e. The van der Waals surface area contributed by atoms with E-state index in [2.05, 4.69) is 224 Å². The summed E-state index contributed by atoms with van der Waals surface area (Å²) in [6, 6.07) is 81.3. The van der Waals surface area contributed by atoms with Crippen LogP contribution in [0.15, 0.2) is 224 Å².